The second-order valence-electron chi connectivity index (χ2n) is 4.69. The topological polar surface area (TPSA) is 46.3 Å². The van der Waals surface area contributed by atoms with Gasteiger partial charge >= 0.3 is 0 Å². The Bertz CT molecular complexity index is 600. The molecule has 2 aromatic carbocycles. The Balaban J connectivity index is 2.43. The maximum Gasteiger partial charge on any atom is 0.260 e. The second-order valence-corrected chi connectivity index (χ2v) is 4.69. The molecule has 0 aromatic heterocycles. The summed E-state index contributed by atoms with van der Waals surface area (Å²) in [5.41, 5.74) is 10.00. The molecule has 0 aliphatic heterocycles. The number of nitrogen functional groups attached to an aromatic ring is 1. The highest BCUT2D eigenvalue weighted by molar-refractivity contribution is 6.09. The minimum Gasteiger partial charge on any atom is -0.398 e. The lowest BCUT2D eigenvalue weighted by Crippen LogP contribution is -2.28. The van der Waals surface area contributed by atoms with Gasteiger partial charge in [-0.3, -0.25) is 4.79 Å². The molecule has 2 aromatic rings. The van der Waals surface area contributed by atoms with Crippen molar-refractivity contribution in [1.29, 1.82) is 0 Å². The van der Waals surface area contributed by atoms with E-state index in [1.807, 2.05) is 44.2 Å². The second kappa shape index (κ2) is 5.14. The molecule has 0 fully saturated rings. The average molecular weight is 254 g/mol. The summed E-state index contributed by atoms with van der Waals surface area (Å²) >= 11 is 0. The molecule has 0 radical (unpaired) electrons. The van der Waals surface area contributed by atoms with Crippen molar-refractivity contribution < 1.29 is 4.79 Å². The first-order valence-electron chi connectivity index (χ1n) is 6.21. The Morgan fingerprint density at radius 3 is 2.16 bits per heavy atom. The molecule has 1 amide bonds. The van der Waals surface area contributed by atoms with Crippen LogP contribution in [0.25, 0.3) is 0 Å². The average Bonchev–Trinajstić information content (AvgIpc) is 2.38. The van der Waals surface area contributed by atoms with Crippen LogP contribution < -0.4 is 10.6 Å². The lowest BCUT2D eigenvalue weighted by Gasteiger charge is -2.22. The fourth-order valence-electron chi connectivity index (χ4n) is 2.31. The summed E-state index contributed by atoms with van der Waals surface area (Å²) in [7, 11) is 1.78. The van der Waals surface area contributed by atoms with Crippen molar-refractivity contribution in [2.45, 2.75) is 13.8 Å². The highest BCUT2D eigenvalue weighted by Crippen LogP contribution is 2.25. The van der Waals surface area contributed by atoms with E-state index in [4.69, 9.17) is 5.73 Å². The molecule has 0 bridgehead atoms. The summed E-state index contributed by atoms with van der Waals surface area (Å²) < 4.78 is 0. The van der Waals surface area contributed by atoms with Crippen LogP contribution in [0.5, 0.6) is 0 Å². The zero-order valence-corrected chi connectivity index (χ0v) is 11.5. The first kappa shape index (κ1) is 13.1. The van der Waals surface area contributed by atoms with E-state index in [-0.39, 0.29) is 5.91 Å². The number of nitrogens with two attached hydrogens (primary N) is 1. The van der Waals surface area contributed by atoms with Crippen LogP contribution >= 0.6 is 0 Å². The van der Waals surface area contributed by atoms with Gasteiger partial charge in [-0.25, -0.2) is 0 Å². The Morgan fingerprint density at radius 2 is 1.58 bits per heavy atom. The number of rotatable bonds is 2. The number of amides is 1. The predicted octanol–water partition coefficient (Wildman–Crippen LogP) is 3.16. The van der Waals surface area contributed by atoms with E-state index in [0.717, 1.165) is 16.8 Å². The molecule has 0 atom stereocenters. The SMILES string of the molecule is Cc1cccc(C)c1N(C)C(=O)c1ccccc1N. The minimum atomic E-state index is -0.0875. The fraction of sp³-hybridized carbons (Fsp3) is 0.188. The van der Waals surface area contributed by atoms with E-state index in [9.17, 15) is 4.79 Å². The zero-order chi connectivity index (χ0) is 14.0. The summed E-state index contributed by atoms with van der Waals surface area (Å²) in [4.78, 5) is 14.2. The lowest BCUT2D eigenvalue weighted by molar-refractivity contribution is 0.0993. The normalized spacial score (nSPS) is 10.3. The molecule has 2 N–H and O–H groups in total. The van der Waals surface area contributed by atoms with Gasteiger partial charge in [0.05, 0.1) is 5.56 Å². The number of hydrogen-bond donors (Lipinski definition) is 1. The van der Waals surface area contributed by atoms with E-state index in [1.54, 1.807) is 24.1 Å². The molecule has 0 aliphatic carbocycles. The smallest absolute Gasteiger partial charge is 0.260 e. The Morgan fingerprint density at radius 1 is 1.00 bits per heavy atom. The number of carbonyl (C=O) groups is 1. The zero-order valence-electron chi connectivity index (χ0n) is 11.5. The van der Waals surface area contributed by atoms with Crippen LogP contribution in [0.4, 0.5) is 11.4 Å². The molecule has 98 valence electrons. The van der Waals surface area contributed by atoms with Crippen molar-refractivity contribution in [3.05, 3.63) is 59.2 Å². The number of aryl methyl sites for hydroxylation is 2. The Hall–Kier alpha value is -2.29. The molecule has 0 saturated carbocycles. The molecule has 3 heteroatoms. The number of carbonyl (C=O) groups excluding carboxylic acids is 1. The minimum absolute atomic E-state index is 0.0875. The largest absolute Gasteiger partial charge is 0.398 e. The third-order valence-electron chi connectivity index (χ3n) is 3.27. The number of nitrogens with zero attached hydrogens (tertiary/aromatic N) is 1. The van der Waals surface area contributed by atoms with Crippen molar-refractivity contribution in [3.63, 3.8) is 0 Å². The summed E-state index contributed by atoms with van der Waals surface area (Å²) in [5, 5.41) is 0. The summed E-state index contributed by atoms with van der Waals surface area (Å²) in [6.45, 7) is 4.00. The molecule has 0 aliphatic rings. The van der Waals surface area contributed by atoms with Crippen molar-refractivity contribution in [2.24, 2.45) is 0 Å². The van der Waals surface area contributed by atoms with Crippen LogP contribution in [0, 0.1) is 13.8 Å². The van der Waals surface area contributed by atoms with Crippen LogP contribution in [0.3, 0.4) is 0 Å². The van der Waals surface area contributed by atoms with Crippen molar-refractivity contribution >= 4 is 17.3 Å². The monoisotopic (exact) mass is 254 g/mol. The van der Waals surface area contributed by atoms with Gasteiger partial charge in [-0.1, -0.05) is 30.3 Å². The highest BCUT2D eigenvalue weighted by Gasteiger charge is 2.18. The lowest BCUT2D eigenvalue weighted by atomic mass is 10.1. The molecule has 0 unspecified atom stereocenters. The van der Waals surface area contributed by atoms with Gasteiger partial charge in [-0.15, -0.1) is 0 Å². The van der Waals surface area contributed by atoms with Gasteiger partial charge in [0, 0.05) is 18.4 Å². The van der Waals surface area contributed by atoms with E-state index in [0.29, 0.717) is 11.3 Å². The van der Waals surface area contributed by atoms with Crippen molar-refractivity contribution in [2.75, 3.05) is 17.7 Å². The third kappa shape index (κ3) is 2.45. The van der Waals surface area contributed by atoms with E-state index >= 15 is 0 Å². The summed E-state index contributed by atoms with van der Waals surface area (Å²) in [5.74, 6) is -0.0875. The molecular formula is C16H18N2O. The van der Waals surface area contributed by atoms with Gasteiger partial charge < -0.3 is 10.6 Å². The molecule has 0 spiro atoms. The van der Waals surface area contributed by atoms with Crippen LogP contribution in [0.2, 0.25) is 0 Å². The van der Waals surface area contributed by atoms with Gasteiger partial charge in [-0.2, -0.15) is 0 Å². The number of benzene rings is 2. The Kier molecular flexibility index (Phi) is 3.56. The first-order chi connectivity index (χ1) is 9.02. The quantitative estimate of drug-likeness (QED) is 0.837. The first-order valence-corrected chi connectivity index (χ1v) is 6.21. The van der Waals surface area contributed by atoms with Crippen LogP contribution in [0.15, 0.2) is 42.5 Å². The van der Waals surface area contributed by atoms with Gasteiger partial charge in [0.15, 0.2) is 0 Å². The van der Waals surface area contributed by atoms with Crippen LogP contribution in [-0.2, 0) is 0 Å². The number of anilines is 2. The van der Waals surface area contributed by atoms with Gasteiger partial charge in [0.25, 0.3) is 5.91 Å². The van der Waals surface area contributed by atoms with Crippen molar-refractivity contribution in [1.82, 2.24) is 0 Å². The predicted molar refractivity (Wildman–Crippen MR) is 79.5 cm³/mol. The van der Waals surface area contributed by atoms with Gasteiger partial charge in [0.1, 0.15) is 0 Å². The summed E-state index contributed by atoms with van der Waals surface area (Å²) in [6, 6.07) is 13.1. The van der Waals surface area contributed by atoms with E-state index < -0.39 is 0 Å². The molecular weight excluding hydrogens is 236 g/mol. The van der Waals surface area contributed by atoms with Crippen LogP contribution in [-0.4, -0.2) is 13.0 Å². The van der Waals surface area contributed by atoms with E-state index in [2.05, 4.69) is 0 Å². The maximum atomic E-state index is 12.5. The fourth-order valence-corrected chi connectivity index (χ4v) is 2.31. The standard InChI is InChI=1S/C16H18N2O/c1-11-7-6-8-12(2)15(11)18(3)16(19)13-9-4-5-10-14(13)17/h4-10H,17H2,1-3H3. The van der Waals surface area contributed by atoms with Gasteiger partial charge in [-0.05, 0) is 37.1 Å². The Labute approximate surface area is 113 Å². The highest BCUT2D eigenvalue weighted by atomic mass is 16.2. The van der Waals surface area contributed by atoms with Gasteiger partial charge in [0.2, 0.25) is 0 Å². The molecule has 3 nitrogen and oxygen atoms in total. The maximum absolute atomic E-state index is 12.5. The van der Waals surface area contributed by atoms with Crippen molar-refractivity contribution in [3.8, 4) is 0 Å². The third-order valence-corrected chi connectivity index (χ3v) is 3.27. The van der Waals surface area contributed by atoms with E-state index in [1.165, 1.54) is 0 Å². The molecule has 2 rings (SSSR count). The molecule has 19 heavy (non-hydrogen) atoms. The molecule has 0 heterocycles. The number of hydrogen-bond acceptors (Lipinski definition) is 2. The van der Waals surface area contributed by atoms with Crippen LogP contribution in [0.1, 0.15) is 21.5 Å². The summed E-state index contributed by atoms with van der Waals surface area (Å²) in [6.07, 6.45) is 0. The molecule has 0 saturated heterocycles. The number of para-hydroxylation sites is 2.